The second kappa shape index (κ2) is 11.0. The van der Waals surface area contributed by atoms with Gasteiger partial charge in [0.1, 0.15) is 12.4 Å². The summed E-state index contributed by atoms with van der Waals surface area (Å²) in [6, 6.07) is 4.62. The fourth-order valence-electron chi connectivity index (χ4n) is 3.04. The molecule has 0 unspecified atom stereocenters. The highest BCUT2D eigenvalue weighted by Crippen LogP contribution is 2.42. The number of carbonyl (C=O) groups excluding carboxylic acids is 1. The van der Waals surface area contributed by atoms with Crippen molar-refractivity contribution in [1.82, 2.24) is 0 Å². The molecule has 0 atom stereocenters. The van der Waals surface area contributed by atoms with Crippen LogP contribution in [0.25, 0.3) is 0 Å². The Hall–Kier alpha value is -2.50. The second-order valence-corrected chi connectivity index (χ2v) is 7.66. The Morgan fingerprint density at radius 3 is 2.67 bits per heavy atom. The summed E-state index contributed by atoms with van der Waals surface area (Å²) in [5.41, 5.74) is 7.02. The Kier molecular flexibility index (Phi) is 8.75. The molecular weight excluding hydrogens is 391 g/mol. The number of allylic oxidation sites excluding steroid dienone is 4. The van der Waals surface area contributed by atoms with Gasteiger partial charge in [-0.1, -0.05) is 38.5 Å². The summed E-state index contributed by atoms with van der Waals surface area (Å²) in [6.45, 7) is 5.13. The van der Waals surface area contributed by atoms with E-state index < -0.39 is 17.7 Å². The molecule has 2 N–H and O–H groups in total. The Morgan fingerprint density at radius 2 is 2.03 bits per heavy atom. The van der Waals surface area contributed by atoms with E-state index in [1.54, 1.807) is 6.07 Å². The molecule has 3 nitrogen and oxygen atoms in total. The number of hydrogen-bond donors (Lipinski definition) is 1. The van der Waals surface area contributed by atoms with Crippen LogP contribution in [0.4, 0.5) is 13.2 Å². The fraction of sp³-hybridized carbons (Fsp3) is 0.458. The van der Waals surface area contributed by atoms with E-state index in [9.17, 15) is 18.0 Å². The summed E-state index contributed by atoms with van der Waals surface area (Å²) in [4.78, 5) is 11.9. The molecule has 0 aliphatic heterocycles. The largest absolute Gasteiger partial charge is 0.461 e. The molecule has 30 heavy (non-hydrogen) atoms. The number of unbranched alkanes of at least 4 members (excludes halogenated alkanes) is 2. The number of benzene rings is 1. The first-order chi connectivity index (χ1) is 14.3. The number of esters is 1. The van der Waals surface area contributed by atoms with E-state index in [4.69, 9.17) is 10.5 Å². The maximum atomic E-state index is 14.0. The van der Waals surface area contributed by atoms with Gasteiger partial charge in [0, 0.05) is 11.3 Å². The summed E-state index contributed by atoms with van der Waals surface area (Å²) < 4.78 is 47.1. The quantitative estimate of drug-likeness (QED) is 0.180. The number of ether oxygens (including phenoxy) is 1. The van der Waals surface area contributed by atoms with Crippen molar-refractivity contribution < 1.29 is 22.7 Å². The van der Waals surface area contributed by atoms with Crippen molar-refractivity contribution in [3.05, 3.63) is 71.2 Å². The molecule has 1 fully saturated rings. The van der Waals surface area contributed by atoms with Gasteiger partial charge in [-0.2, -0.15) is 8.78 Å². The first kappa shape index (κ1) is 23.8. The van der Waals surface area contributed by atoms with Gasteiger partial charge in [-0.15, -0.1) is 0 Å². The van der Waals surface area contributed by atoms with Crippen molar-refractivity contribution in [2.24, 2.45) is 5.73 Å². The number of carbonyl (C=O) groups is 1. The Morgan fingerprint density at radius 1 is 1.30 bits per heavy atom. The lowest BCUT2D eigenvalue weighted by Crippen LogP contribution is -2.11. The third kappa shape index (κ3) is 7.39. The van der Waals surface area contributed by atoms with Crippen molar-refractivity contribution in [2.45, 2.75) is 70.3 Å². The Bertz CT molecular complexity index is 811. The summed E-state index contributed by atoms with van der Waals surface area (Å²) >= 11 is 0. The smallest absolute Gasteiger partial charge is 0.309 e. The molecule has 1 aliphatic carbocycles. The number of rotatable bonds is 12. The van der Waals surface area contributed by atoms with Gasteiger partial charge in [0.05, 0.1) is 6.42 Å². The third-order valence-corrected chi connectivity index (χ3v) is 5.01. The highest BCUT2D eigenvalue weighted by molar-refractivity contribution is 5.71. The predicted octanol–water partition coefficient (Wildman–Crippen LogP) is 6.55. The van der Waals surface area contributed by atoms with Gasteiger partial charge in [0.25, 0.3) is 5.92 Å². The van der Waals surface area contributed by atoms with E-state index in [-0.39, 0.29) is 30.2 Å². The molecule has 0 saturated heterocycles. The number of halogens is 3. The predicted molar refractivity (Wildman–Crippen MR) is 113 cm³/mol. The SMILES string of the molecule is C=CC(F)(F)c1cc(COC(=O)C/C=C/C(F)=C(\N)CCCCC)cc(C2CC2)c1. The highest BCUT2D eigenvalue weighted by atomic mass is 19.3. The summed E-state index contributed by atoms with van der Waals surface area (Å²) in [5, 5.41) is 0. The van der Waals surface area contributed by atoms with Crippen LogP contribution in [0, 0.1) is 0 Å². The molecular formula is C24H30F3NO2. The van der Waals surface area contributed by atoms with Crippen LogP contribution in [0.15, 0.2) is 54.5 Å². The van der Waals surface area contributed by atoms with Crippen LogP contribution < -0.4 is 5.73 Å². The zero-order valence-electron chi connectivity index (χ0n) is 17.4. The normalized spacial score (nSPS) is 15.2. The van der Waals surface area contributed by atoms with Crippen LogP contribution in [0.2, 0.25) is 0 Å². The van der Waals surface area contributed by atoms with Crippen molar-refractivity contribution in [3.63, 3.8) is 0 Å². The van der Waals surface area contributed by atoms with Crippen molar-refractivity contribution in [1.29, 1.82) is 0 Å². The van der Waals surface area contributed by atoms with Crippen LogP contribution in [-0.2, 0) is 22.1 Å². The van der Waals surface area contributed by atoms with Crippen LogP contribution in [0.5, 0.6) is 0 Å². The van der Waals surface area contributed by atoms with Crippen LogP contribution in [0.3, 0.4) is 0 Å². The van der Waals surface area contributed by atoms with Gasteiger partial charge in [-0.3, -0.25) is 4.79 Å². The molecule has 0 spiro atoms. The Labute approximate surface area is 176 Å². The van der Waals surface area contributed by atoms with Crippen molar-refractivity contribution in [3.8, 4) is 0 Å². The van der Waals surface area contributed by atoms with Crippen molar-refractivity contribution in [2.75, 3.05) is 0 Å². The highest BCUT2D eigenvalue weighted by Gasteiger charge is 2.31. The fourth-order valence-corrected chi connectivity index (χ4v) is 3.04. The van der Waals surface area contributed by atoms with Crippen molar-refractivity contribution >= 4 is 5.97 Å². The maximum Gasteiger partial charge on any atom is 0.309 e. The minimum absolute atomic E-state index is 0.120. The zero-order valence-corrected chi connectivity index (χ0v) is 17.4. The Balaban J connectivity index is 1.92. The minimum Gasteiger partial charge on any atom is -0.461 e. The lowest BCUT2D eigenvalue weighted by atomic mass is 9.99. The first-order valence-corrected chi connectivity index (χ1v) is 10.4. The summed E-state index contributed by atoms with van der Waals surface area (Å²) in [5.74, 6) is -3.99. The second-order valence-electron chi connectivity index (χ2n) is 7.66. The van der Waals surface area contributed by atoms with Gasteiger partial charge in [-0.25, -0.2) is 4.39 Å². The first-order valence-electron chi connectivity index (χ1n) is 10.4. The molecule has 1 aromatic carbocycles. The van der Waals surface area contributed by atoms with E-state index >= 15 is 0 Å². The third-order valence-electron chi connectivity index (χ3n) is 5.01. The molecule has 0 aromatic heterocycles. The average molecular weight is 422 g/mol. The lowest BCUT2D eigenvalue weighted by Gasteiger charge is -2.15. The van der Waals surface area contributed by atoms with Crippen LogP contribution in [0.1, 0.15) is 74.5 Å². The van der Waals surface area contributed by atoms with Gasteiger partial charge in [0.2, 0.25) is 0 Å². The topological polar surface area (TPSA) is 52.3 Å². The molecule has 0 amide bonds. The van der Waals surface area contributed by atoms with Crippen LogP contribution in [-0.4, -0.2) is 5.97 Å². The lowest BCUT2D eigenvalue weighted by molar-refractivity contribution is -0.143. The minimum atomic E-state index is -3.15. The van der Waals surface area contributed by atoms with E-state index in [1.165, 1.54) is 24.3 Å². The van der Waals surface area contributed by atoms with Gasteiger partial charge in [0.15, 0.2) is 0 Å². The molecule has 1 saturated carbocycles. The molecule has 0 radical (unpaired) electrons. The standard InChI is InChI=1S/C24H30F3NO2/c1-3-5-6-9-22(28)21(25)8-7-10-23(29)30-16-17-13-19(18-11-12-18)15-20(14-17)24(26,27)4-2/h4,7-8,13-15,18H,2-3,5-6,9-12,16,28H2,1H3/b8-7+,22-21+. The molecule has 0 heterocycles. The average Bonchev–Trinajstić information content (AvgIpc) is 3.57. The van der Waals surface area contributed by atoms with Crippen LogP contribution >= 0.6 is 0 Å². The maximum absolute atomic E-state index is 14.0. The summed E-state index contributed by atoms with van der Waals surface area (Å²) in [6.07, 6.45) is 8.22. The van der Waals surface area contributed by atoms with Gasteiger partial charge in [-0.05, 0) is 67.0 Å². The van der Waals surface area contributed by atoms with E-state index in [1.807, 2.05) is 0 Å². The van der Waals surface area contributed by atoms with E-state index in [0.29, 0.717) is 18.1 Å². The monoisotopic (exact) mass is 421 g/mol. The summed E-state index contributed by atoms with van der Waals surface area (Å²) in [7, 11) is 0. The molecule has 164 valence electrons. The van der Waals surface area contributed by atoms with Gasteiger partial charge >= 0.3 is 5.97 Å². The molecule has 2 rings (SSSR count). The van der Waals surface area contributed by atoms with E-state index in [0.717, 1.165) is 37.7 Å². The van der Waals surface area contributed by atoms with Gasteiger partial charge < -0.3 is 10.5 Å². The zero-order chi connectivity index (χ0) is 22.1. The molecule has 0 bridgehead atoms. The molecule has 1 aliphatic rings. The number of hydrogen-bond acceptors (Lipinski definition) is 3. The van der Waals surface area contributed by atoms with E-state index in [2.05, 4.69) is 13.5 Å². The molecule has 1 aromatic rings. The number of alkyl halides is 2. The number of nitrogens with two attached hydrogens (primary N) is 1. The molecule has 6 heteroatoms.